The highest BCUT2D eigenvalue weighted by molar-refractivity contribution is 6.15. The maximum absolute atomic E-state index is 12.7. The molecular weight excluding hydrogens is 366 g/mol. The molecule has 0 saturated heterocycles. The van der Waals surface area contributed by atoms with E-state index in [4.69, 9.17) is 5.73 Å². The molecule has 144 valence electrons. The van der Waals surface area contributed by atoms with E-state index in [-0.39, 0.29) is 17.1 Å². The van der Waals surface area contributed by atoms with Crippen LogP contribution in [0.1, 0.15) is 12.0 Å². The van der Waals surface area contributed by atoms with E-state index in [0.717, 1.165) is 13.2 Å². The number of nitrogens with two attached hydrogens (primary N) is 1. The molecule has 1 heterocycles. The van der Waals surface area contributed by atoms with Gasteiger partial charge in [0.1, 0.15) is 6.42 Å². The van der Waals surface area contributed by atoms with E-state index in [1.54, 1.807) is 30.3 Å². The molecule has 3 rings (SSSR count). The molecular formula is C19H17N3O6. The number of esters is 1. The number of hydrogen-bond acceptors (Lipinski definition) is 8. The summed E-state index contributed by atoms with van der Waals surface area (Å²) >= 11 is 0. The average molecular weight is 383 g/mol. The number of carbonyl (C=O) groups excluding carboxylic acids is 2. The van der Waals surface area contributed by atoms with Gasteiger partial charge in [0.25, 0.3) is 5.69 Å². The summed E-state index contributed by atoms with van der Waals surface area (Å²) in [5.41, 5.74) is 4.49. The minimum absolute atomic E-state index is 0.0333. The Morgan fingerprint density at radius 1 is 1.29 bits per heavy atom. The van der Waals surface area contributed by atoms with Gasteiger partial charge in [-0.2, -0.15) is 0 Å². The van der Waals surface area contributed by atoms with E-state index in [1.807, 2.05) is 0 Å². The van der Waals surface area contributed by atoms with Gasteiger partial charge in [0.05, 0.1) is 29.1 Å². The average Bonchev–Trinajstić information content (AvgIpc) is 2.93. The number of ketones is 1. The molecule has 0 unspecified atom stereocenters. The van der Waals surface area contributed by atoms with Crippen molar-refractivity contribution in [2.75, 3.05) is 17.7 Å². The Morgan fingerprint density at radius 3 is 2.54 bits per heavy atom. The Kier molecular flexibility index (Phi) is 4.85. The molecule has 3 N–H and O–H groups in total. The van der Waals surface area contributed by atoms with Gasteiger partial charge in [-0.1, -0.05) is 30.3 Å². The SMILES string of the molecule is COC(=O)C[C@@]1(O)C(=O)C=C(c2ccccc2)N1c1ccc([N+](=O)[O-])cc1N. The highest BCUT2D eigenvalue weighted by Crippen LogP contribution is 2.43. The second-order valence-corrected chi connectivity index (χ2v) is 6.17. The lowest BCUT2D eigenvalue weighted by Crippen LogP contribution is -2.51. The van der Waals surface area contributed by atoms with Crippen molar-refractivity contribution >= 4 is 34.5 Å². The maximum Gasteiger partial charge on any atom is 0.310 e. The van der Waals surface area contributed by atoms with Crippen LogP contribution >= 0.6 is 0 Å². The summed E-state index contributed by atoms with van der Waals surface area (Å²) in [6, 6.07) is 12.4. The van der Waals surface area contributed by atoms with Crippen molar-refractivity contribution in [2.24, 2.45) is 0 Å². The lowest BCUT2D eigenvalue weighted by molar-refractivity contribution is -0.384. The fourth-order valence-corrected chi connectivity index (χ4v) is 3.06. The molecule has 0 aliphatic carbocycles. The number of carbonyl (C=O) groups is 2. The molecule has 0 fully saturated rings. The Morgan fingerprint density at radius 2 is 1.96 bits per heavy atom. The molecule has 1 aliphatic rings. The van der Waals surface area contributed by atoms with Crippen molar-refractivity contribution in [3.8, 4) is 0 Å². The van der Waals surface area contributed by atoms with Crippen LogP contribution in [0.3, 0.4) is 0 Å². The summed E-state index contributed by atoms with van der Waals surface area (Å²) in [5, 5.41) is 22.1. The molecule has 0 radical (unpaired) electrons. The zero-order valence-corrected chi connectivity index (χ0v) is 14.9. The minimum atomic E-state index is -2.28. The van der Waals surface area contributed by atoms with Gasteiger partial charge in [-0.05, 0) is 11.6 Å². The van der Waals surface area contributed by atoms with E-state index < -0.39 is 28.8 Å². The van der Waals surface area contributed by atoms with Crippen molar-refractivity contribution in [1.82, 2.24) is 0 Å². The fraction of sp³-hybridized carbons (Fsp3) is 0.158. The third kappa shape index (κ3) is 3.19. The number of nitrogens with zero attached hydrogens (tertiary/aromatic N) is 2. The predicted molar refractivity (Wildman–Crippen MR) is 101 cm³/mol. The number of benzene rings is 2. The summed E-state index contributed by atoms with van der Waals surface area (Å²) in [4.78, 5) is 36.1. The number of hydrogen-bond donors (Lipinski definition) is 2. The zero-order chi connectivity index (χ0) is 20.5. The van der Waals surface area contributed by atoms with Crippen molar-refractivity contribution in [1.29, 1.82) is 0 Å². The van der Waals surface area contributed by atoms with Gasteiger partial charge in [-0.3, -0.25) is 19.7 Å². The van der Waals surface area contributed by atoms with Crippen LogP contribution in [0.25, 0.3) is 5.70 Å². The monoisotopic (exact) mass is 383 g/mol. The molecule has 1 atom stereocenters. The third-order valence-corrected chi connectivity index (χ3v) is 4.42. The van der Waals surface area contributed by atoms with Crippen LogP contribution < -0.4 is 10.6 Å². The Labute approximate surface area is 159 Å². The summed E-state index contributed by atoms with van der Waals surface area (Å²) in [6.45, 7) is 0. The summed E-state index contributed by atoms with van der Waals surface area (Å²) in [6.07, 6.45) is 0.560. The standard InChI is InChI=1S/C19H17N3O6/c1-28-18(24)11-19(25)17(23)10-16(12-5-3-2-4-6-12)21(19)15-8-7-13(22(26)27)9-14(15)20/h2-10,25H,11,20H2,1H3/t19-/m1/s1. The molecule has 9 heteroatoms. The van der Waals surface area contributed by atoms with Crippen molar-refractivity contribution in [2.45, 2.75) is 12.1 Å². The van der Waals surface area contributed by atoms with Crippen LogP contribution in [0.5, 0.6) is 0 Å². The number of non-ortho nitro benzene ring substituents is 1. The number of methoxy groups -OCH3 is 1. The van der Waals surface area contributed by atoms with E-state index >= 15 is 0 Å². The molecule has 2 aromatic rings. The van der Waals surface area contributed by atoms with Crippen LogP contribution in [0.15, 0.2) is 54.6 Å². The summed E-state index contributed by atoms with van der Waals surface area (Å²) < 4.78 is 4.61. The van der Waals surface area contributed by atoms with Gasteiger partial charge < -0.3 is 20.5 Å². The Bertz CT molecular complexity index is 988. The highest BCUT2D eigenvalue weighted by atomic mass is 16.6. The second kappa shape index (κ2) is 7.12. The molecule has 1 aliphatic heterocycles. The number of nitrogen functional groups attached to an aromatic ring is 1. The maximum atomic E-state index is 12.7. The molecule has 0 spiro atoms. The van der Waals surface area contributed by atoms with E-state index in [0.29, 0.717) is 11.3 Å². The summed E-state index contributed by atoms with van der Waals surface area (Å²) in [7, 11) is 1.14. The van der Waals surface area contributed by atoms with Crippen LogP contribution in [0.4, 0.5) is 17.1 Å². The van der Waals surface area contributed by atoms with Gasteiger partial charge in [-0.15, -0.1) is 0 Å². The molecule has 0 amide bonds. The smallest absolute Gasteiger partial charge is 0.310 e. The summed E-state index contributed by atoms with van der Waals surface area (Å²) in [5.74, 6) is -1.53. The molecule has 2 aromatic carbocycles. The Hall–Kier alpha value is -3.72. The number of ether oxygens (including phenoxy) is 1. The minimum Gasteiger partial charge on any atom is -0.469 e. The number of nitro groups is 1. The van der Waals surface area contributed by atoms with Crippen molar-refractivity contribution in [3.05, 3.63) is 70.3 Å². The van der Waals surface area contributed by atoms with Gasteiger partial charge in [-0.25, -0.2) is 0 Å². The molecule has 0 aromatic heterocycles. The third-order valence-electron chi connectivity index (χ3n) is 4.42. The van der Waals surface area contributed by atoms with Gasteiger partial charge in [0.15, 0.2) is 0 Å². The quantitative estimate of drug-likeness (QED) is 0.346. The van der Waals surface area contributed by atoms with Crippen LogP contribution in [0.2, 0.25) is 0 Å². The lowest BCUT2D eigenvalue weighted by Gasteiger charge is -2.36. The van der Waals surface area contributed by atoms with Gasteiger partial charge in [0.2, 0.25) is 11.5 Å². The zero-order valence-electron chi connectivity index (χ0n) is 14.9. The molecule has 28 heavy (non-hydrogen) atoms. The highest BCUT2D eigenvalue weighted by Gasteiger charge is 2.50. The number of anilines is 2. The Balaban J connectivity index is 2.17. The molecule has 0 saturated carbocycles. The second-order valence-electron chi connectivity index (χ2n) is 6.17. The van der Waals surface area contributed by atoms with Gasteiger partial charge >= 0.3 is 5.97 Å². The first kappa shape index (κ1) is 19.1. The fourth-order valence-electron chi connectivity index (χ4n) is 3.06. The first-order valence-corrected chi connectivity index (χ1v) is 8.23. The van der Waals surface area contributed by atoms with Crippen molar-refractivity contribution < 1.29 is 24.4 Å². The van der Waals surface area contributed by atoms with Crippen molar-refractivity contribution in [3.63, 3.8) is 0 Å². The van der Waals surface area contributed by atoms with E-state index in [1.165, 1.54) is 23.1 Å². The first-order chi connectivity index (χ1) is 13.3. The van der Waals surface area contributed by atoms with Crippen LogP contribution in [-0.4, -0.2) is 34.6 Å². The van der Waals surface area contributed by atoms with Crippen LogP contribution in [-0.2, 0) is 14.3 Å². The van der Waals surface area contributed by atoms with Gasteiger partial charge in [0, 0.05) is 18.2 Å². The lowest BCUT2D eigenvalue weighted by atomic mass is 10.0. The predicted octanol–water partition coefficient (Wildman–Crippen LogP) is 1.86. The largest absolute Gasteiger partial charge is 0.469 e. The number of aliphatic hydroxyl groups is 1. The first-order valence-electron chi connectivity index (χ1n) is 8.23. The van der Waals surface area contributed by atoms with Crippen LogP contribution in [0, 0.1) is 10.1 Å². The van der Waals surface area contributed by atoms with E-state index in [2.05, 4.69) is 4.74 Å². The number of rotatable bonds is 5. The molecule has 9 nitrogen and oxygen atoms in total. The van der Waals surface area contributed by atoms with E-state index in [9.17, 15) is 24.8 Å². The number of nitro benzene ring substituents is 1. The topological polar surface area (TPSA) is 136 Å². The normalized spacial score (nSPS) is 18.7. The molecule has 0 bridgehead atoms.